The lowest BCUT2D eigenvalue weighted by Crippen LogP contribution is -2.41. The summed E-state index contributed by atoms with van der Waals surface area (Å²) in [6.07, 6.45) is 6.70. The second kappa shape index (κ2) is 8.06. The molecule has 1 aliphatic carbocycles. The van der Waals surface area contributed by atoms with Gasteiger partial charge in [0.1, 0.15) is 5.58 Å². The van der Waals surface area contributed by atoms with Crippen LogP contribution in [-0.2, 0) is 4.79 Å². The van der Waals surface area contributed by atoms with E-state index in [4.69, 9.17) is 16.0 Å². The van der Waals surface area contributed by atoms with Crippen molar-refractivity contribution >= 4 is 45.2 Å². The van der Waals surface area contributed by atoms with Crippen molar-refractivity contribution in [3.63, 3.8) is 0 Å². The molecule has 0 saturated heterocycles. The summed E-state index contributed by atoms with van der Waals surface area (Å²) in [4.78, 5) is 32.2. The Bertz CT molecular complexity index is 1470. The number of hydrogen-bond donors (Lipinski definition) is 2. The summed E-state index contributed by atoms with van der Waals surface area (Å²) in [7, 11) is 0. The maximum absolute atomic E-state index is 13.8. The van der Waals surface area contributed by atoms with Gasteiger partial charge in [-0.3, -0.25) is 9.59 Å². The van der Waals surface area contributed by atoms with Gasteiger partial charge in [0.25, 0.3) is 5.91 Å². The molecule has 172 valence electrons. The van der Waals surface area contributed by atoms with Gasteiger partial charge in [-0.25, -0.2) is 0 Å². The van der Waals surface area contributed by atoms with Crippen LogP contribution in [0.15, 0.2) is 70.5 Å². The lowest BCUT2D eigenvalue weighted by Gasteiger charge is -2.36. The largest absolute Gasteiger partial charge is 0.503 e. The maximum Gasteiger partial charge on any atom is 0.290 e. The molecule has 3 heterocycles. The van der Waals surface area contributed by atoms with Gasteiger partial charge in [-0.15, -0.1) is 0 Å². The van der Waals surface area contributed by atoms with E-state index in [2.05, 4.69) is 4.98 Å². The van der Waals surface area contributed by atoms with Crippen molar-refractivity contribution in [1.29, 1.82) is 0 Å². The number of nitrogens with zero attached hydrogens (tertiary/aromatic N) is 1. The van der Waals surface area contributed by atoms with Crippen LogP contribution in [0.3, 0.4) is 0 Å². The van der Waals surface area contributed by atoms with Crippen molar-refractivity contribution in [3.05, 3.63) is 82.4 Å². The van der Waals surface area contributed by atoms with E-state index >= 15 is 0 Å². The van der Waals surface area contributed by atoms with E-state index in [1.54, 1.807) is 29.2 Å². The molecule has 1 atom stereocenters. The summed E-state index contributed by atoms with van der Waals surface area (Å²) >= 11 is 6.10. The topological polar surface area (TPSA) is 86.5 Å². The number of halogens is 1. The van der Waals surface area contributed by atoms with Gasteiger partial charge in [0, 0.05) is 39.1 Å². The number of amides is 1. The third-order valence-electron chi connectivity index (χ3n) is 7.07. The van der Waals surface area contributed by atoms with Crippen LogP contribution in [0.25, 0.3) is 21.9 Å². The number of Topliss-reactive ketones (excluding diaryl/α,β-unsaturated/α-hetero) is 1. The van der Waals surface area contributed by atoms with E-state index in [0.29, 0.717) is 16.0 Å². The molecule has 0 radical (unpaired) electrons. The molecular formula is C27H23ClN2O4. The van der Waals surface area contributed by atoms with Gasteiger partial charge in [-0.1, -0.05) is 49.1 Å². The molecule has 34 heavy (non-hydrogen) atoms. The van der Waals surface area contributed by atoms with Crippen molar-refractivity contribution in [2.24, 2.45) is 0 Å². The fourth-order valence-electron chi connectivity index (χ4n) is 5.48. The summed E-state index contributed by atoms with van der Waals surface area (Å²) < 4.78 is 5.82. The molecule has 0 spiro atoms. The molecule has 2 aromatic carbocycles. The highest BCUT2D eigenvalue weighted by Gasteiger charge is 2.48. The molecule has 6 rings (SSSR count). The first-order chi connectivity index (χ1) is 16.5. The number of para-hydroxylation sites is 1. The molecule has 1 amide bonds. The zero-order valence-corrected chi connectivity index (χ0v) is 19.1. The third kappa shape index (κ3) is 3.24. The Kier molecular flexibility index (Phi) is 4.99. The average molecular weight is 475 g/mol. The number of rotatable bonds is 4. The SMILES string of the molecule is O=C(C1=C(O)C(=O)N(C2CCCCC2)C1c1c[nH]c2ccccc12)c1cc2cc(Cl)ccc2o1. The highest BCUT2D eigenvalue weighted by Crippen LogP contribution is 2.45. The Morgan fingerprint density at radius 1 is 1.09 bits per heavy atom. The highest BCUT2D eigenvalue weighted by atomic mass is 35.5. The number of hydrogen-bond acceptors (Lipinski definition) is 4. The number of carbonyl (C=O) groups excluding carboxylic acids is 2. The standard InChI is InChI=1S/C27H23ClN2O4/c28-16-10-11-21-15(12-16)13-22(34-21)25(31)23-24(19-14-29-20-9-5-4-8-18(19)20)30(27(33)26(23)32)17-6-2-1-3-7-17/h4-5,8-14,17,24,29,32H,1-3,6-7H2. The van der Waals surface area contributed by atoms with E-state index in [9.17, 15) is 14.7 Å². The van der Waals surface area contributed by atoms with Crippen molar-refractivity contribution in [2.45, 2.75) is 44.2 Å². The number of aromatic nitrogens is 1. The molecule has 2 aromatic heterocycles. The molecule has 2 aliphatic rings. The number of H-pyrrole nitrogens is 1. The van der Waals surface area contributed by atoms with Crippen LogP contribution in [0.1, 0.15) is 54.3 Å². The first-order valence-electron chi connectivity index (χ1n) is 11.6. The van der Waals surface area contributed by atoms with Crippen molar-refractivity contribution in [1.82, 2.24) is 9.88 Å². The summed E-state index contributed by atoms with van der Waals surface area (Å²) in [6, 6.07) is 13.8. The minimum Gasteiger partial charge on any atom is -0.503 e. The predicted octanol–water partition coefficient (Wildman–Crippen LogP) is 6.48. The molecule has 1 saturated carbocycles. The van der Waals surface area contributed by atoms with E-state index in [1.165, 1.54) is 0 Å². The molecule has 6 nitrogen and oxygen atoms in total. The summed E-state index contributed by atoms with van der Waals surface area (Å²) in [5.41, 5.74) is 2.28. The molecule has 0 bridgehead atoms. The number of aliphatic hydroxyl groups excluding tert-OH is 1. The second-order valence-corrected chi connectivity index (χ2v) is 9.52. The zero-order chi connectivity index (χ0) is 23.4. The van der Waals surface area contributed by atoms with Gasteiger partial charge in [-0.2, -0.15) is 0 Å². The van der Waals surface area contributed by atoms with Crippen LogP contribution in [0.5, 0.6) is 0 Å². The fraction of sp³-hybridized carbons (Fsp3) is 0.259. The van der Waals surface area contributed by atoms with Crippen LogP contribution >= 0.6 is 11.6 Å². The first kappa shape index (κ1) is 21.1. The molecule has 1 aliphatic heterocycles. The van der Waals surface area contributed by atoms with Gasteiger partial charge in [0.05, 0.1) is 11.6 Å². The van der Waals surface area contributed by atoms with Crippen LogP contribution in [0, 0.1) is 0 Å². The van der Waals surface area contributed by atoms with Gasteiger partial charge in [0.2, 0.25) is 5.78 Å². The van der Waals surface area contributed by atoms with Crippen LogP contribution in [-0.4, -0.2) is 32.7 Å². The van der Waals surface area contributed by atoms with Crippen LogP contribution in [0.4, 0.5) is 0 Å². The van der Waals surface area contributed by atoms with E-state index < -0.39 is 23.5 Å². The Morgan fingerprint density at radius 2 is 1.88 bits per heavy atom. The number of benzene rings is 2. The summed E-state index contributed by atoms with van der Waals surface area (Å²) in [5, 5.41) is 13.2. The molecule has 4 aromatic rings. The molecule has 1 unspecified atom stereocenters. The minimum absolute atomic E-state index is 0.0400. The number of carbonyl (C=O) groups is 2. The zero-order valence-electron chi connectivity index (χ0n) is 18.4. The van der Waals surface area contributed by atoms with E-state index in [1.807, 2.05) is 30.5 Å². The highest BCUT2D eigenvalue weighted by molar-refractivity contribution is 6.31. The van der Waals surface area contributed by atoms with Crippen molar-refractivity contribution < 1.29 is 19.1 Å². The lowest BCUT2D eigenvalue weighted by atomic mass is 9.90. The third-order valence-corrected chi connectivity index (χ3v) is 7.31. The number of furan rings is 1. The van der Waals surface area contributed by atoms with Gasteiger partial charge in [0.15, 0.2) is 11.5 Å². The molecule has 7 heteroatoms. The fourth-order valence-corrected chi connectivity index (χ4v) is 5.66. The lowest BCUT2D eigenvalue weighted by molar-refractivity contribution is -0.132. The van der Waals surface area contributed by atoms with Crippen LogP contribution in [0.2, 0.25) is 5.02 Å². The number of fused-ring (bicyclic) bond motifs is 2. The van der Waals surface area contributed by atoms with Crippen LogP contribution < -0.4 is 0 Å². The second-order valence-electron chi connectivity index (χ2n) is 9.08. The van der Waals surface area contributed by atoms with E-state index in [0.717, 1.165) is 48.6 Å². The quantitative estimate of drug-likeness (QED) is 0.331. The van der Waals surface area contributed by atoms with Gasteiger partial charge < -0.3 is 19.4 Å². The number of aliphatic hydroxyl groups is 1. The molecule has 2 N–H and O–H groups in total. The smallest absolute Gasteiger partial charge is 0.290 e. The molecular weight excluding hydrogens is 452 g/mol. The van der Waals surface area contributed by atoms with Crippen molar-refractivity contribution in [3.8, 4) is 0 Å². The number of ketones is 1. The normalized spacial score (nSPS) is 19.6. The predicted molar refractivity (Wildman–Crippen MR) is 130 cm³/mol. The van der Waals surface area contributed by atoms with E-state index in [-0.39, 0.29) is 17.4 Å². The first-order valence-corrected chi connectivity index (χ1v) is 12.0. The maximum atomic E-state index is 13.8. The Balaban J connectivity index is 1.50. The molecule has 1 fully saturated rings. The van der Waals surface area contributed by atoms with Gasteiger partial charge >= 0.3 is 0 Å². The average Bonchev–Trinajstić information content (AvgIpc) is 3.53. The number of nitrogens with one attached hydrogen (secondary N) is 1. The summed E-state index contributed by atoms with van der Waals surface area (Å²) in [5.74, 6) is -1.41. The number of aromatic amines is 1. The summed E-state index contributed by atoms with van der Waals surface area (Å²) in [6.45, 7) is 0. The minimum atomic E-state index is -0.698. The Labute approximate surface area is 200 Å². The van der Waals surface area contributed by atoms with Gasteiger partial charge in [-0.05, 0) is 43.2 Å². The monoisotopic (exact) mass is 474 g/mol. The Morgan fingerprint density at radius 3 is 2.71 bits per heavy atom. The Hall–Kier alpha value is -3.51. The van der Waals surface area contributed by atoms with Crippen molar-refractivity contribution in [2.75, 3.05) is 0 Å².